The van der Waals surface area contributed by atoms with E-state index in [2.05, 4.69) is 14.8 Å². The second-order valence-corrected chi connectivity index (χ2v) is 8.39. The van der Waals surface area contributed by atoms with Gasteiger partial charge in [-0.1, -0.05) is 66.5 Å². The molecule has 0 saturated heterocycles. The third kappa shape index (κ3) is 3.16. The quantitative estimate of drug-likeness (QED) is 0.757. The molecule has 1 fully saturated rings. The molecule has 0 spiro atoms. The normalized spacial score (nSPS) is 20.7. The lowest BCUT2D eigenvalue weighted by molar-refractivity contribution is 0.443. The summed E-state index contributed by atoms with van der Waals surface area (Å²) in [4.78, 5) is 5.03. The standard InChI is InChI=1S/C16H17ClN4S2/c17-13-9-5-4-8-12(13)14-19-20-16-21(14)15(22-10-23-16)18-11-6-2-1-3-7-11/h4-5,8-9,11H,1-3,6-7,10H2. The Labute approximate surface area is 149 Å². The number of benzene rings is 1. The van der Waals surface area contributed by atoms with E-state index in [9.17, 15) is 0 Å². The molecule has 2 heterocycles. The number of rotatable bonds is 2. The van der Waals surface area contributed by atoms with E-state index in [-0.39, 0.29) is 0 Å². The van der Waals surface area contributed by atoms with Crippen molar-refractivity contribution in [3.05, 3.63) is 29.3 Å². The van der Waals surface area contributed by atoms with Gasteiger partial charge in [0.2, 0.25) is 0 Å². The van der Waals surface area contributed by atoms with E-state index >= 15 is 0 Å². The van der Waals surface area contributed by atoms with Gasteiger partial charge in [-0.05, 0) is 25.0 Å². The maximum absolute atomic E-state index is 6.36. The number of aliphatic imine (C=N–C) groups is 1. The molecular formula is C16H17ClN4S2. The lowest BCUT2D eigenvalue weighted by Gasteiger charge is -2.22. The largest absolute Gasteiger partial charge is 0.258 e. The summed E-state index contributed by atoms with van der Waals surface area (Å²) in [5.41, 5.74) is 0.910. The van der Waals surface area contributed by atoms with E-state index < -0.39 is 0 Å². The van der Waals surface area contributed by atoms with Crippen LogP contribution >= 0.6 is 35.1 Å². The van der Waals surface area contributed by atoms with Crippen LogP contribution < -0.4 is 0 Å². The fourth-order valence-corrected chi connectivity index (χ4v) is 5.30. The predicted molar refractivity (Wildman–Crippen MR) is 98.5 cm³/mol. The van der Waals surface area contributed by atoms with Crippen LogP contribution in [-0.4, -0.2) is 31.1 Å². The molecule has 23 heavy (non-hydrogen) atoms. The number of hydrogen-bond acceptors (Lipinski definition) is 5. The van der Waals surface area contributed by atoms with Gasteiger partial charge in [0.15, 0.2) is 16.1 Å². The molecule has 2 aliphatic rings. The lowest BCUT2D eigenvalue weighted by Crippen LogP contribution is -2.20. The first-order chi connectivity index (χ1) is 11.3. The average Bonchev–Trinajstić information content (AvgIpc) is 3.01. The molecule has 120 valence electrons. The molecule has 0 N–H and O–H groups in total. The number of nitrogens with zero attached hydrogens (tertiary/aromatic N) is 4. The van der Waals surface area contributed by atoms with Crippen molar-refractivity contribution in [1.82, 2.24) is 14.8 Å². The Kier molecular flexibility index (Phi) is 4.64. The zero-order valence-electron chi connectivity index (χ0n) is 12.6. The Balaban J connectivity index is 1.76. The minimum atomic E-state index is 0.434. The van der Waals surface area contributed by atoms with Crippen molar-refractivity contribution in [2.75, 3.05) is 5.08 Å². The average molecular weight is 365 g/mol. The van der Waals surface area contributed by atoms with Crippen LogP contribution in [0.25, 0.3) is 11.4 Å². The summed E-state index contributed by atoms with van der Waals surface area (Å²) in [7, 11) is 0. The molecule has 4 rings (SSSR count). The molecular weight excluding hydrogens is 348 g/mol. The molecule has 1 aliphatic carbocycles. The van der Waals surface area contributed by atoms with E-state index in [1.807, 2.05) is 24.3 Å². The van der Waals surface area contributed by atoms with Gasteiger partial charge < -0.3 is 0 Å². The van der Waals surface area contributed by atoms with Crippen LogP contribution in [0, 0.1) is 0 Å². The van der Waals surface area contributed by atoms with Crippen LogP contribution in [0.2, 0.25) is 5.02 Å². The fraction of sp³-hybridized carbons (Fsp3) is 0.438. The van der Waals surface area contributed by atoms with Crippen LogP contribution in [-0.2, 0) is 0 Å². The molecule has 0 radical (unpaired) electrons. The van der Waals surface area contributed by atoms with E-state index in [1.165, 1.54) is 32.1 Å². The first-order valence-corrected chi connectivity index (χ1v) is 10.2. The lowest BCUT2D eigenvalue weighted by atomic mass is 9.96. The summed E-state index contributed by atoms with van der Waals surface area (Å²) in [6.45, 7) is 0. The molecule has 2 aromatic rings. The molecule has 1 aromatic heterocycles. The molecule has 1 saturated carbocycles. The predicted octanol–water partition coefficient (Wildman–Crippen LogP) is 4.93. The zero-order chi connectivity index (χ0) is 15.6. The first kappa shape index (κ1) is 15.5. The molecule has 7 heteroatoms. The second-order valence-electron chi connectivity index (χ2n) is 5.73. The monoisotopic (exact) mass is 364 g/mol. The minimum Gasteiger partial charge on any atom is -0.258 e. The number of thioether (sulfide) groups is 2. The van der Waals surface area contributed by atoms with Crippen LogP contribution in [0.3, 0.4) is 0 Å². The van der Waals surface area contributed by atoms with E-state index in [1.54, 1.807) is 23.5 Å². The Morgan fingerprint density at radius 2 is 1.91 bits per heavy atom. The van der Waals surface area contributed by atoms with Crippen molar-refractivity contribution in [1.29, 1.82) is 0 Å². The van der Waals surface area contributed by atoms with Gasteiger partial charge in [0.25, 0.3) is 0 Å². The topological polar surface area (TPSA) is 43.1 Å². The van der Waals surface area contributed by atoms with Gasteiger partial charge in [-0.15, -0.1) is 10.2 Å². The number of hydrogen-bond donors (Lipinski definition) is 0. The van der Waals surface area contributed by atoms with Crippen LogP contribution in [0.5, 0.6) is 0 Å². The molecule has 0 amide bonds. The van der Waals surface area contributed by atoms with Crippen molar-refractivity contribution in [2.24, 2.45) is 4.99 Å². The van der Waals surface area contributed by atoms with E-state index in [4.69, 9.17) is 16.6 Å². The maximum atomic E-state index is 6.36. The number of fused-ring (bicyclic) bond motifs is 1. The fourth-order valence-electron chi connectivity index (χ4n) is 3.01. The molecule has 1 aromatic carbocycles. The van der Waals surface area contributed by atoms with Gasteiger partial charge in [0.05, 0.1) is 16.1 Å². The van der Waals surface area contributed by atoms with Gasteiger partial charge in [-0.3, -0.25) is 4.99 Å². The van der Waals surface area contributed by atoms with E-state index in [0.29, 0.717) is 11.1 Å². The Morgan fingerprint density at radius 3 is 2.74 bits per heavy atom. The Hall–Kier alpha value is -0.980. The smallest absolute Gasteiger partial charge is 0.198 e. The highest BCUT2D eigenvalue weighted by molar-refractivity contribution is 8.24. The van der Waals surface area contributed by atoms with Crippen LogP contribution in [0.4, 0.5) is 0 Å². The summed E-state index contributed by atoms with van der Waals surface area (Å²) in [6.07, 6.45) is 6.29. The van der Waals surface area contributed by atoms with Crippen LogP contribution in [0.1, 0.15) is 32.1 Å². The van der Waals surface area contributed by atoms with Crippen molar-refractivity contribution in [2.45, 2.75) is 43.3 Å². The molecule has 0 atom stereocenters. The summed E-state index contributed by atoms with van der Waals surface area (Å²) in [5.74, 6) is 0.792. The third-order valence-electron chi connectivity index (χ3n) is 4.18. The Bertz CT molecular complexity index is 737. The summed E-state index contributed by atoms with van der Waals surface area (Å²) >= 11 is 9.84. The molecule has 0 unspecified atom stereocenters. The zero-order valence-corrected chi connectivity index (χ0v) is 15.0. The SMILES string of the molecule is Clc1ccccc1-c1nnc2n1C(=NC1CCCCC1)SCS2. The van der Waals surface area contributed by atoms with Gasteiger partial charge >= 0.3 is 0 Å². The highest BCUT2D eigenvalue weighted by Gasteiger charge is 2.25. The second kappa shape index (κ2) is 6.87. The van der Waals surface area contributed by atoms with Gasteiger partial charge in [-0.25, -0.2) is 4.57 Å². The number of aromatic nitrogens is 3. The molecule has 0 bridgehead atoms. The van der Waals surface area contributed by atoms with Crippen LogP contribution in [0.15, 0.2) is 34.4 Å². The van der Waals surface area contributed by atoms with E-state index in [0.717, 1.165) is 26.8 Å². The first-order valence-electron chi connectivity index (χ1n) is 7.87. The molecule has 4 nitrogen and oxygen atoms in total. The molecule has 1 aliphatic heterocycles. The Morgan fingerprint density at radius 1 is 1.09 bits per heavy atom. The highest BCUT2D eigenvalue weighted by Crippen LogP contribution is 2.36. The summed E-state index contributed by atoms with van der Waals surface area (Å²) < 4.78 is 2.08. The summed E-state index contributed by atoms with van der Waals surface area (Å²) in [5, 5.41) is 12.3. The van der Waals surface area contributed by atoms with Crippen molar-refractivity contribution in [3.63, 3.8) is 0 Å². The third-order valence-corrected chi connectivity index (χ3v) is 6.52. The highest BCUT2D eigenvalue weighted by atomic mass is 35.5. The van der Waals surface area contributed by atoms with Crippen molar-refractivity contribution < 1.29 is 0 Å². The van der Waals surface area contributed by atoms with Crippen molar-refractivity contribution >= 4 is 40.3 Å². The van der Waals surface area contributed by atoms with Gasteiger partial charge in [0.1, 0.15) is 0 Å². The minimum absolute atomic E-state index is 0.434. The van der Waals surface area contributed by atoms with Crippen molar-refractivity contribution in [3.8, 4) is 11.4 Å². The maximum Gasteiger partial charge on any atom is 0.198 e. The number of halogens is 1. The van der Waals surface area contributed by atoms with Gasteiger partial charge in [0, 0.05) is 5.56 Å². The summed E-state index contributed by atoms with van der Waals surface area (Å²) in [6, 6.07) is 8.22. The van der Waals surface area contributed by atoms with Gasteiger partial charge in [-0.2, -0.15) is 0 Å².